The Labute approximate surface area is 107 Å². The zero-order valence-corrected chi connectivity index (χ0v) is 11.1. The van der Waals surface area contributed by atoms with Gasteiger partial charge in [-0.15, -0.1) is 0 Å². The number of thioether (sulfide) groups is 1. The second-order valence-corrected chi connectivity index (χ2v) is 6.67. The van der Waals surface area contributed by atoms with Crippen molar-refractivity contribution >= 4 is 17.5 Å². The van der Waals surface area contributed by atoms with E-state index in [2.05, 4.69) is 0 Å². The van der Waals surface area contributed by atoms with Crippen LogP contribution in [0.2, 0.25) is 0 Å². The Bertz CT molecular complexity index is 342. The molecule has 0 radical (unpaired) electrons. The summed E-state index contributed by atoms with van der Waals surface area (Å²) in [6.07, 6.45) is 8.37. The molecule has 2 atom stereocenters. The highest BCUT2D eigenvalue weighted by Gasteiger charge is 2.41. The first-order chi connectivity index (χ1) is 8.27. The smallest absolute Gasteiger partial charge is 0.155 e. The second kappa shape index (κ2) is 4.77. The van der Waals surface area contributed by atoms with Crippen molar-refractivity contribution in [2.75, 3.05) is 18.1 Å². The van der Waals surface area contributed by atoms with Crippen molar-refractivity contribution in [2.45, 2.75) is 44.1 Å². The molecule has 0 amide bonds. The van der Waals surface area contributed by atoms with Gasteiger partial charge in [-0.3, -0.25) is 4.79 Å². The summed E-state index contributed by atoms with van der Waals surface area (Å²) in [5.41, 5.74) is 1.57. The third kappa shape index (κ3) is 2.45. The number of ketones is 1. The number of carbonyl (C=O) groups is 1. The molecule has 1 spiro atoms. The van der Waals surface area contributed by atoms with Crippen molar-refractivity contribution in [2.24, 2.45) is 5.92 Å². The Morgan fingerprint density at radius 3 is 3.12 bits per heavy atom. The maximum absolute atomic E-state index is 11.5. The molecule has 0 aromatic heterocycles. The molecule has 17 heavy (non-hydrogen) atoms. The summed E-state index contributed by atoms with van der Waals surface area (Å²) < 4.78 is 6.04. The van der Waals surface area contributed by atoms with Crippen LogP contribution in [0, 0.1) is 5.92 Å². The normalized spacial score (nSPS) is 38.5. The first-order valence-corrected chi connectivity index (χ1v) is 7.88. The van der Waals surface area contributed by atoms with E-state index in [1.807, 2.05) is 17.8 Å². The van der Waals surface area contributed by atoms with E-state index in [0.29, 0.717) is 11.7 Å². The number of allylic oxidation sites excluding steroid dienone is 2. The third-order valence-corrected chi connectivity index (χ3v) is 5.54. The summed E-state index contributed by atoms with van der Waals surface area (Å²) in [5, 5.41) is 0. The van der Waals surface area contributed by atoms with E-state index < -0.39 is 0 Å². The molecule has 94 valence electrons. The van der Waals surface area contributed by atoms with Gasteiger partial charge in [0.05, 0.1) is 5.60 Å². The van der Waals surface area contributed by atoms with Gasteiger partial charge in [-0.1, -0.05) is 5.57 Å². The van der Waals surface area contributed by atoms with Gasteiger partial charge in [0, 0.05) is 18.8 Å². The van der Waals surface area contributed by atoms with Gasteiger partial charge >= 0.3 is 0 Å². The molecule has 2 heterocycles. The van der Waals surface area contributed by atoms with Gasteiger partial charge in [0.2, 0.25) is 0 Å². The number of hydrogen-bond donors (Lipinski definition) is 0. The molecule has 3 heteroatoms. The standard InChI is InChI=1S/C14H20O2S/c15-13-3-1-2-11(8-13)12-4-6-16-14(9-12)5-7-17-10-14/h8,12H,1-7,9-10H2. The summed E-state index contributed by atoms with van der Waals surface area (Å²) in [6.45, 7) is 0.886. The van der Waals surface area contributed by atoms with Crippen LogP contribution in [0.4, 0.5) is 0 Å². The summed E-state index contributed by atoms with van der Waals surface area (Å²) in [4.78, 5) is 11.5. The molecule has 3 aliphatic rings. The van der Waals surface area contributed by atoms with Crippen molar-refractivity contribution in [3.05, 3.63) is 11.6 Å². The Kier molecular flexibility index (Phi) is 3.31. The Morgan fingerprint density at radius 2 is 2.35 bits per heavy atom. The van der Waals surface area contributed by atoms with E-state index in [1.165, 1.54) is 17.7 Å². The lowest BCUT2D eigenvalue weighted by Gasteiger charge is -2.39. The average Bonchev–Trinajstić information content (AvgIpc) is 2.77. The number of ether oxygens (including phenoxy) is 1. The van der Waals surface area contributed by atoms with E-state index >= 15 is 0 Å². The predicted molar refractivity (Wildman–Crippen MR) is 70.3 cm³/mol. The fourth-order valence-electron chi connectivity index (χ4n) is 3.35. The Hall–Kier alpha value is -0.280. The topological polar surface area (TPSA) is 26.3 Å². The molecule has 2 aliphatic heterocycles. The van der Waals surface area contributed by atoms with E-state index in [4.69, 9.17) is 4.74 Å². The van der Waals surface area contributed by atoms with Gasteiger partial charge in [-0.2, -0.15) is 11.8 Å². The van der Waals surface area contributed by atoms with Gasteiger partial charge in [0.25, 0.3) is 0 Å². The lowest BCUT2D eigenvalue weighted by molar-refractivity contribution is -0.115. The molecule has 2 fully saturated rings. The molecular formula is C14H20O2S. The molecule has 3 rings (SSSR count). The zero-order valence-electron chi connectivity index (χ0n) is 10.2. The van der Waals surface area contributed by atoms with Crippen LogP contribution in [-0.2, 0) is 9.53 Å². The van der Waals surface area contributed by atoms with Crippen LogP contribution in [0.3, 0.4) is 0 Å². The summed E-state index contributed by atoms with van der Waals surface area (Å²) in [5.74, 6) is 3.36. The van der Waals surface area contributed by atoms with Gasteiger partial charge in [0.15, 0.2) is 5.78 Å². The maximum Gasteiger partial charge on any atom is 0.155 e. The van der Waals surface area contributed by atoms with E-state index in [-0.39, 0.29) is 5.60 Å². The van der Waals surface area contributed by atoms with Crippen molar-refractivity contribution < 1.29 is 9.53 Å². The molecule has 0 bridgehead atoms. The zero-order chi connectivity index (χ0) is 11.7. The fourth-order valence-corrected chi connectivity index (χ4v) is 4.73. The third-order valence-electron chi connectivity index (χ3n) is 4.32. The van der Waals surface area contributed by atoms with Crippen molar-refractivity contribution in [3.8, 4) is 0 Å². The van der Waals surface area contributed by atoms with Crippen molar-refractivity contribution in [1.29, 1.82) is 0 Å². The summed E-state index contributed by atoms with van der Waals surface area (Å²) in [6, 6.07) is 0. The Balaban J connectivity index is 1.73. The monoisotopic (exact) mass is 252 g/mol. The van der Waals surface area contributed by atoms with Crippen molar-refractivity contribution in [1.82, 2.24) is 0 Å². The second-order valence-electron chi connectivity index (χ2n) is 5.56. The van der Waals surface area contributed by atoms with Crippen molar-refractivity contribution in [3.63, 3.8) is 0 Å². The average molecular weight is 252 g/mol. The quantitative estimate of drug-likeness (QED) is 0.717. The molecule has 0 N–H and O–H groups in total. The molecule has 1 aliphatic carbocycles. The highest BCUT2D eigenvalue weighted by atomic mass is 32.2. The highest BCUT2D eigenvalue weighted by molar-refractivity contribution is 7.99. The van der Waals surface area contributed by atoms with Crippen LogP contribution in [0.15, 0.2) is 11.6 Å². The van der Waals surface area contributed by atoms with Crippen LogP contribution in [-0.4, -0.2) is 29.5 Å². The van der Waals surface area contributed by atoms with Crippen LogP contribution in [0.1, 0.15) is 38.5 Å². The minimum absolute atomic E-state index is 0.148. The summed E-state index contributed by atoms with van der Waals surface area (Å²) >= 11 is 2.02. The SMILES string of the molecule is O=C1C=C(C2CCOC3(CCSC3)C2)CCC1. The first kappa shape index (κ1) is 11.8. The molecule has 0 aromatic rings. The van der Waals surface area contributed by atoms with Crippen LogP contribution in [0.5, 0.6) is 0 Å². The lowest BCUT2D eigenvalue weighted by atomic mass is 9.78. The van der Waals surface area contributed by atoms with E-state index in [1.54, 1.807) is 0 Å². The lowest BCUT2D eigenvalue weighted by Crippen LogP contribution is -2.40. The van der Waals surface area contributed by atoms with Gasteiger partial charge in [-0.05, 0) is 49.9 Å². The van der Waals surface area contributed by atoms with E-state index in [0.717, 1.165) is 44.5 Å². The maximum atomic E-state index is 11.5. The van der Waals surface area contributed by atoms with Gasteiger partial charge in [-0.25, -0.2) is 0 Å². The summed E-state index contributed by atoms with van der Waals surface area (Å²) in [7, 11) is 0. The molecule has 2 nitrogen and oxygen atoms in total. The largest absolute Gasteiger partial charge is 0.374 e. The minimum atomic E-state index is 0.148. The highest BCUT2D eigenvalue weighted by Crippen LogP contribution is 2.43. The predicted octanol–water partition coefficient (Wildman–Crippen LogP) is 2.97. The Morgan fingerprint density at radius 1 is 1.41 bits per heavy atom. The van der Waals surface area contributed by atoms with E-state index in [9.17, 15) is 4.79 Å². The minimum Gasteiger partial charge on any atom is -0.374 e. The number of rotatable bonds is 1. The fraction of sp³-hybridized carbons (Fsp3) is 0.786. The number of hydrogen-bond acceptors (Lipinski definition) is 3. The van der Waals surface area contributed by atoms with Crippen LogP contribution < -0.4 is 0 Å². The first-order valence-electron chi connectivity index (χ1n) is 6.72. The molecule has 2 saturated heterocycles. The molecular weight excluding hydrogens is 232 g/mol. The van der Waals surface area contributed by atoms with Gasteiger partial charge in [0.1, 0.15) is 0 Å². The molecule has 0 saturated carbocycles. The van der Waals surface area contributed by atoms with Gasteiger partial charge < -0.3 is 4.74 Å². The molecule has 0 aromatic carbocycles. The number of carbonyl (C=O) groups excluding carboxylic acids is 1. The molecule has 2 unspecified atom stereocenters. The van der Waals surface area contributed by atoms with Crippen LogP contribution >= 0.6 is 11.8 Å². The van der Waals surface area contributed by atoms with Crippen LogP contribution in [0.25, 0.3) is 0 Å².